The molecule has 182 valence electrons. The van der Waals surface area contributed by atoms with Gasteiger partial charge in [-0.05, 0) is 45.7 Å². The van der Waals surface area contributed by atoms with E-state index in [2.05, 4.69) is 20.8 Å². The quantitative estimate of drug-likeness (QED) is 0.441. The molecule has 1 aliphatic rings. The molecule has 0 saturated carbocycles. The average Bonchev–Trinajstić information content (AvgIpc) is 3.46. The first-order valence-corrected chi connectivity index (χ1v) is 12.5. The van der Waals surface area contributed by atoms with E-state index in [4.69, 9.17) is 4.74 Å². The lowest BCUT2D eigenvalue weighted by molar-refractivity contribution is -0.122. The van der Waals surface area contributed by atoms with E-state index in [1.165, 1.54) is 16.3 Å². The molecule has 1 saturated heterocycles. The summed E-state index contributed by atoms with van der Waals surface area (Å²) in [6.07, 6.45) is 2.21. The van der Waals surface area contributed by atoms with Crippen molar-refractivity contribution in [1.82, 2.24) is 29.8 Å². The van der Waals surface area contributed by atoms with Gasteiger partial charge in [0, 0.05) is 32.2 Å². The monoisotopic (exact) mass is 486 g/mol. The van der Waals surface area contributed by atoms with Crippen molar-refractivity contribution in [1.29, 1.82) is 0 Å². The largest absolute Gasteiger partial charge is 0.376 e. The average molecular weight is 487 g/mol. The van der Waals surface area contributed by atoms with Crippen LogP contribution in [0.15, 0.2) is 28.2 Å². The van der Waals surface area contributed by atoms with Gasteiger partial charge in [0.25, 0.3) is 5.56 Å². The second-order valence-corrected chi connectivity index (χ2v) is 9.74. The first-order valence-electron chi connectivity index (χ1n) is 11.5. The maximum atomic E-state index is 13.3. The Labute approximate surface area is 201 Å². The number of nitrogens with zero attached hydrogens (tertiary/aromatic N) is 4. The van der Waals surface area contributed by atoms with Crippen molar-refractivity contribution in [2.75, 3.05) is 18.9 Å². The highest BCUT2D eigenvalue weighted by atomic mass is 32.2. The number of thioether (sulfide) groups is 1. The number of benzene rings is 1. The van der Waals surface area contributed by atoms with Crippen LogP contribution < -0.4 is 16.2 Å². The molecule has 1 aromatic carbocycles. The van der Waals surface area contributed by atoms with Crippen LogP contribution in [0.3, 0.4) is 0 Å². The van der Waals surface area contributed by atoms with Gasteiger partial charge >= 0.3 is 0 Å². The number of rotatable bonds is 9. The zero-order chi connectivity index (χ0) is 24.2. The van der Waals surface area contributed by atoms with Crippen LogP contribution in [0.2, 0.25) is 0 Å². The SMILES string of the molecule is Cc1ccc2c(c1)c(=O)n(CCC(=O)NC(C)C)c1nnc(SCC(=O)NCC3CCCO3)n21. The number of fused-ring (bicyclic) bond motifs is 3. The predicted octanol–water partition coefficient (Wildman–Crippen LogP) is 1.65. The molecule has 0 radical (unpaired) electrons. The Balaban J connectivity index is 1.60. The fourth-order valence-electron chi connectivity index (χ4n) is 4.02. The second kappa shape index (κ2) is 10.6. The van der Waals surface area contributed by atoms with Crippen molar-refractivity contribution in [3.05, 3.63) is 34.1 Å². The summed E-state index contributed by atoms with van der Waals surface area (Å²) in [7, 11) is 0. The minimum absolute atomic E-state index is 0.0194. The van der Waals surface area contributed by atoms with Crippen LogP contribution in [0.4, 0.5) is 0 Å². The van der Waals surface area contributed by atoms with Gasteiger partial charge in [0.05, 0.1) is 22.8 Å². The molecule has 0 spiro atoms. The highest BCUT2D eigenvalue weighted by Gasteiger charge is 2.20. The molecule has 4 rings (SSSR count). The van der Waals surface area contributed by atoms with Crippen LogP contribution in [-0.2, 0) is 20.9 Å². The number of nitrogens with one attached hydrogen (secondary N) is 2. The number of carbonyl (C=O) groups is 2. The van der Waals surface area contributed by atoms with Gasteiger partial charge in [-0.2, -0.15) is 0 Å². The summed E-state index contributed by atoms with van der Waals surface area (Å²) in [5, 5.41) is 15.3. The Morgan fingerprint density at radius 2 is 2.09 bits per heavy atom. The number of ether oxygens (including phenoxy) is 1. The minimum atomic E-state index is -0.221. The van der Waals surface area contributed by atoms with Crippen LogP contribution in [-0.4, -0.2) is 62.0 Å². The van der Waals surface area contributed by atoms with Crippen molar-refractivity contribution in [2.24, 2.45) is 0 Å². The lowest BCUT2D eigenvalue weighted by Gasteiger charge is -2.13. The van der Waals surface area contributed by atoms with Crippen LogP contribution in [0.25, 0.3) is 16.7 Å². The summed E-state index contributed by atoms with van der Waals surface area (Å²) < 4.78 is 8.81. The zero-order valence-electron chi connectivity index (χ0n) is 19.7. The summed E-state index contributed by atoms with van der Waals surface area (Å²) in [6, 6.07) is 5.63. The number of amides is 2. The minimum Gasteiger partial charge on any atom is -0.376 e. The first-order chi connectivity index (χ1) is 16.3. The van der Waals surface area contributed by atoms with Gasteiger partial charge in [-0.3, -0.25) is 23.4 Å². The lowest BCUT2D eigenvalue weighted by atomic mass is 10.1. The maximum Gasteiger partial charge on any atom is 0.262 e. The topological polar surface area (TPSA) is 120 Å². The molecule has 11 heteroatoms. The maximum absolute atomic E-state index is 13.3. The first kappa shape index (κ1) is 24.2. The number of aryl methyl sites for hydroxylation is 2. The van der Waals surface area contributed by atoms with Gasteiger partial charge in [-0.15, -0.1) is 10.2 Å². The van der Waals surface area contributed by atoms with Gasteiger partial charge in [-0.25, -0.2) is 0 Å². The summed E-state index contributed by atoms with van der Waals surface area (Å²) in [4.78, 5) is 37.9. The Morgan fingerprint density at radius 1 is 1.26 bits per heavy atom. The van der Waals surface area contributed by atoms with Crippen LogP contribution >= 0.6 is 11.8 Å². The summed E-state index contributed by atoms with van der Waals surface area (Å²) >= 11 is 1.26. The van der Waals surface area contributed by atoms with Crippen molar-refractivity contribution >= 4 is 40.3 Å². The van der Waals surface area contributed by atoms with Crippen molar-refractivity contribution in [2.45, 2.75) is 63.9 Å². The van der Waals surface area contributed by atoms with E-state index >= 15 is 0 Å². The third kappa shape index (κ3) is 5.41. The molecule has 10 nitrogen and oxygen atoms in total. The lowest BCUT2D eigenvalue weighted by Crippen LogP contribution is -2.33. The molecule has 0 aliphatic carbocycles. The van der Waals surface area contributed by atoms with E-state index in [0.29, 0.717) is 28.4 Å². The molecule has 34 heavy (non-hydrogen) atoms. The summed E-state index contributed by atoms with van der Waals surface area (Å²) in [5.74, 6) is 0.259. The third-order valence-corrected chi connectivity index (χ3v) is 6.55. The fraction of sp³-hybridized carbons (Fsp3) is 0.522. The Bertz CT molecular complexity index is 1260. The molecule has 2 amide bonds. The third-order valence-electron chi connectivity index (χ3n) is 5.62. The summed E-state index contributed by atoms with van der Waals surface area (Å²) in [5.41, 5.74) is 1.39. The second-order valence-electron chi connectivity index (χ2n) is 8.80. The van der Waals surface area contributed by atoms with Gasteiger partial charge in [0.15, 0.2) is 5.16 Å². The summed E-state index contributed by atoms with van der Waals surface area (Å²) in [6.45, 7) is 7.12. The van der Waals surface area contributed by atoms with Crippen LogP contribution in [0.5, 0.6) is 0 Å². The van der Waals surface area contributed by atoms with Gasteiger partial charge in [-0.1, -0.05) is 23.4 Å². The number of hydrogen-bond acceptors (Lipinski definition) is 7. The van der Waals surface area contributed by atoms with Crippen molar-refractivity contribution in [3.63, 3.8) is 0 Å². The number of carbonyl (C=O) groups excluding carboxylic acids is 2. The van der Waals surface area contributed by atoms with Crippen molar-refractivity contribution < 1.29 is 14.3 Å². The zero-order valence-corrected chi connectivity index (χ0v) is 20.5. The van der Waals surface area contributed by atoms with E-state index in [9.17, 15) is 14.4 Å². The molecular formula is C23H30N6O4S. The standard InChI is InChI=1S/C23H30N6O4S/c1-14(2)25-19(30)8-9-28-21(32)17-11-15(3)6-7-18(17)29-22(28)26-27-23(29)34-13-20(31)24-12-16-5-4-10-33-16/h6-7,11,14,16H,4-5,8-10,12-13H2,1-3H3,(H,24,31)(H,25,30). The van der Waals surface area contributed by atoms with Gasteiger partial charge in [0.2, 0.25) is 17.6 Å². The van der Waals surface area contributed by atoms with E-state index in [1.807, 2.05) is 39.0 Å². The molecular weight excluding hydrogens is 456 g/mol. The van der Waals surface area contributed by atoms with Crippen LogP contribution in [0, 0.1) is 6.92 Å². The van der Waals surface area contributed by atoms with Crippen molar-refractivity contribution in [3.8, 4) is 0 Å². The molecule has 1 fully saturated rings. The molecule has 2 aromatic heterocycles. The van der Waals surface area contributed by atoms with Gasteiger partial charge < -0.3 is 15.4 Å². The Morgan fingerprint density at radius 3 is 2.82 bits per heavy atom. The van der Waals surface area contributed by atoms with E-state index in [-0.39, 0.29) is 48.2 Å². The normalized spacial score (nSPS) is 15.9. The smallest absolute Gasteiger partial charge is 0.262 e. The molecule has 2 N–H and O–H groups in total. The fourth-order valence-corrected chi connectivity index (χ4v) is 4.79. The predicted molar refractivity (Wildman–Crippen MR) is 130 cm³/mol. The van der Waals surface area contributed by atoms with E-state index in [1.54, 1.807) is 4.40 Å². The molecule has 1 atom stereocenters. The molecule has 3 heterocycles. The van der Waals surface area contributed by atoms with Gasteiger partial charge in [0.1, 0.15) is 0 Å². The highest BCUT2D eigenvalue weighted by Crippen LogP contribution is 2.22. The molecule has 3 aromatic rings. The number of aromatic nitrogens is 4. The Kier molecular flexibility index (Phi) is 7.52. The number of hydrogen-bond donors (Lipinski definition) is 2. The molecule has 1 aliphatic heterocycles. The Hall–Kier alpha value is -2.92. The van der Waals surface area contributed by atoms with E-state index in [0.717, 1.165) is 25.0 Å². The molecule has 0 bridgehead atoms. The highest BCUT2D eigenvalue weighted by molar-refractivity contribution is 7.99. The van der Waals surface area contributed by atoms with Crippen LogP contribution in [0.1, 0.15) is 38.7 Å². The molecule has 1 unspecified atom stereocenters. The van der Waals surface area contributed by atoms with E-state index < -0.39 is 0 Å².